The van der Waals surface area contributed by atoms with Gasteiger partial charge in [-0.1, -0.05) is 12.1 Å². The van der Waals surface area contributed by atoms with Crippen LogP contribution in [0.3, 0.4) is 0 Å². The van der Waals surface area contributed by atoms with Crippen molar-refractivity contribution in [2.24, 2.45) is 0 Å². The summed E-state index contributed by atoms with van der Waals surface area (Å²) in [6.45, 7) is 1.44. The third-order valence-corrected chi connectivity index (χ3v) is 2.39. The molecule has 1 aromatic heterocycles. The van der Waals surface area contributed by atoms with Gasteiger partial charge in [0, 0.05) is 18.7 Å². The summed E-state index contributed by atoms with van der Waals surface area (Å²) < 4.78 is 0. The molecule has 1 heterocycles. The second-order valence-electron chi connectivity index (χ2n) is 3.81. The lowest BCUT2D eigenvalue weighted by atomic mass is 10.1. The number of rotatable bonds is 2. The van der Waals surface area contributed by atoms with E-state index in [9.17, 15) is 4.79 Å². The molecule has 1 aromatic carbocycles. The molecule has 0 bridgehead atoms. The first kappa shape index (κ1) is 11.8. The normalized spacial score (nSPS) is 9.56. The molecule has 0 aliphatic heterocycles. The van der Waals surface area contributed by atoms with Gasteiger partial charge in [0.15, 0.2) is 0 Å². The minimum absolute atomic E-state index is 0.151. The first-order chi connectivity index (χ1) is 8.69. The Balaban J connectivity index is 2.29. The van der Waals surface area contributed by atoms with Crippen molar-refractivity contribution in [1.82, 2.24) is 4.98 Å². The minimum Gasteiger partial charge on any atom is -0.311 e. The highest BCUT2D eigenvalue weighted by atomic mass is 16.1. The van der Waals surface area contributed by atoms with E-state index in [1.54, 1.807) is 24.4 Å². The lowest BCUT2D eigenvalue weighted by molar-refractivity contribution is -0.114. The van der Waals surface area contributed by atoms with Crippen molar-refractivity contribution in [3.05, 3.63) is 48.2 Å². The molecule has 0 fully saturated rings. The lowest BCUT2D eigenvalue weighted by Gasteiger charge is -2.04. The SMILES string of the molecule is CC(=O)Nc1ccc(-c2cccc(C#N)c2)cn1. The average Bonchev–Trinajstić information content (AvgIpc) is 2.39. The number of benzene rings is 1. The fourth-order valence-corrected chi connectivity index (χ4v) is 1.59. The van der Waals surface area contributed by atoms with Gasteiger partial charge >= 0.3 is 0 Å². The van der Waals surface area contributed by atoms with Crippen LogP contribution in [0.25, 0.3) is 11.1 Å². The van der Waals surface area contributed by atoms with Crippen molar-refractivity contribution in [1.29, 1.82) is 5.26 Å². The van der Waals surface area contributed by atoms with Gasteiger partial charge in [-0.05, 0) is 29.8 Å². The molecule has 0 saturated carbocycles. The molecule has 0 radical (unpaired) electrons. The Morgan fingerprint density at radius 3 is 2.72 bits per heavy atom. The number of carbonyl (C=O) groups is 1. The molecule has 2 rings (SSSR count). The maximum atomic E-state index is 10.9. The monoisotopic (exact) mass is 237 g/mol. The molecule has 0 saturated heterocycles. The van der Waals surface area contributed by atoms with E-state index < -0.39 is 0 Å². The number of anilines is 1. The zero-order valence-corrected chi connectivity index (χ0v) is 9.84. The predicted octanol–water partition coefficient (Wildman–Crippen LogP) is 2.58. The highest BCUT2D eigenvalue weighted by molar-refractivity contribution is 5.87. The second kappa shape index (κ2) is 5.11. The Hall–Kier alpha value is -2.67. The van der Waals surface area contributed by atoms with Crippen molar-refractivity contribution in [3.63, 3.8) is 0 Å². The van der Waals surface area contributed by atoms with Crippen LogP contribution in [0, 0.1) is 11.3 Å². The van der Waals surface area contributed by atoms with Crippen LogP contribution < -0.4 is 5.32 Å². The zero-order valence-electron chi connectivity index (χ0n) is 9.84. The van der Waals surface area contributed by atoms with Gasteiger partial charge in [-0.2, -0.15) is 5.26 Å². The van der Waals surface area contributed by atoms with Crippen molar-refractivity contribution in [3.8, 4) is 17.2 Å². The van der Waals surface area contributed by atoms with Crippen molar-refractivity contribution in [2.45, 2.75) is 6.92 Å². The van der Waals surface area contributed by atoms with Crippen LogP contribution in [0.15, 0.2) is 42.6 Å². The Morgan fingerprint density at radius 2 is 2.11 bits per heavy atom. The van der Waals surface area contributed by atoms with E-state index in [1.807, 2.05) is 18.2 Å². The van der Waals surface area contributed by atoms with E-state index in [2.05, 4.69) is 16.4 Å². The number of nitrogens with one attached hydrogen (secondary N) is 1. The molecule has 0 atom stereocenters. The molecule has 0 aliphatic carbocycles. The molecule has 4 heteroatoms. The van der Waals surface area contributed by atoms with Gasteiger partial charge in [-0.25, -0.2) is 4.98 Å². The maximum absolute atomic E-state index is 10.9. The minimum atomic E-state index is -0.151. The number of nitriles is 1. The van der Waals surface area contributed by atoms with Crippen LogP contribution in [0.2, 0.25) is 0 Å². The molecule has 2 aromatic rings. The van der Waals surface area contributed by atoms with Crippen molar-refractivity contribution >= 4 is 11.7 Å². The topological polar surface area (TPSA) is 65.8 Å². The summed E-state index contributed by atoms with van der Waals surface area (Å²) in [4.78, 5) is 15.0. The number of hydrogen-bond acceptors (Lipinski definition) is 3. The first-order valence-electron chi connectivity index (χ1n) is 5.43. The average molecular weight is 237 g/mol. The molecular formula is C14H11N3O. The number of carbonyl (C=O) groups excluding carboxylic acids is 1. The third-order valence-electron chi connectivity index (χ3n) is 2.39. The Kier molecular flexibility index (Phi) is 3.35. The summed E-state index contributed by atoms with van der Waals surface area (Å²) >= 11 is 0. The van der Waals surface area contributed by atoms with Gasteiger partial charge in [0.05, 0.1) is 11.6 Å². The molecule has 4 nitrogen and oxygen atoms in total. The lowest BCUT2D eigenvalue weighted by Crippen LogP contribution is -2.06. The van der Waals surface area contributed by atoms with E-state index in [1.165, 1.54) is 6.92 Å². The summed E-state index contributed by atoms with van der Waals surface area (Å²) in [5.74, 6) is 0.365. The van der Waals surface area contributed by atoms with E-state index in [4.69, 9.17) is 5.26 Å². The van der Waals surface area contributed by atoms with Crippen LogP contribution in [0.5, 0.6) is 0 Å². The van der Waals surface area contributed by atoms with Gasteiger partial charge in [0.2, 0.25) is 5.91 Å². The number of amides is 1. The number of pyridine rings is 1. The largest absolute Gasteiger partial charge is 0.311 e. The van der Waals surface area contributed by atoms with Gasteiger partial charge in [-0.15, -0.1) is 0 Å². The van der Waals surface area contributed by atoms with Crippen molar-refractivity contribution < 1.29 is 4.79 Å². The molecule has 0 aliphatic rings. The Bertz CT molecular complexity index is 612. The van der Waals surface area contributed by atoms with E-state index in [0.29, 0.717) is 11.4 Å². The molecule has 0 unspecified atom stereocenters. The summed E-state index contributed by atoms with van der Waals surface area (Å²) in [6.07, 6.45) is 1.67. The van der Waals surface area contributed by atoms with Crippen LogP contribution in [-0.4, -0.2) is 10.9 Å². The summed E-state index contributed by atoms with van der Waals surface area (Å²) in [6, 6.07) is 13.0. The Labute approximate surface area is 105 Å². The smallest absolute Gasteiger partial charge is 0.222 e. The van der Waals surface area contributed by atoms with Crippen LogP contribution >= 0.6 is 0 Å². The van der Waals surface area contributed by atoms with E-state index >= 15 is 0 Å². The van der Waals surface area contributed by atoms with Crippen molar-refractivity contribution in [2.75, 3.05) is 5.32 Å². The third kappa shape index (κ3) is 2.71. The quantitative estimate of drug-likeness (QED) is 0.872. The molecular weight excluding hydrogens is 226 g/mol. The fraction of sp³-hybridized carbons (Fsp3) is 0.0714. The van der Waals surface area contributed by atoms with Gasteiger partial charge in [-0.3, -0.25) is 4.79 Å². The number of nitrogens with zero attached hydrogens (tertiary/aromatic N) is 2. The maximum Gasteiger partial charge on any atom is 0.222 e. The number of hydrogen-bond donors (Lipinski definition) is 1. The highest BCUT2D eigenvalue weighted by Crippen LogP contribution is 2.20. The van der Waals surface area contributed by atoms with Crippen LogP contribution in [0.1, 0.15) is 12.5 Å². The predicted molar refractivity (Wildman–Crippen MR) is 68.7 cm³/mol. The van der Waals surface area contributed by atoms with Crippen LogP contribution in [-0.2, 0) is 4.79 Å². The molecule has 1 N–H and O–H groups in total. The standard InChI is InChI=1S/C14H11N3O/c1-10(18)17-14-6-5-13(9-16-14)12-4-2-3-11(7-12)8-15/h2-7,9H,1H3,(H,16,17,18). The molecule has 0 spiro atoms. The molecule has 1 amide bonds. The van der Waals surface area contributed by atoms with Gasteiger partial charge in [0.25, 0.3) is 0 Å². The van der Waals surface area contributed by atoms with E-state index in [-0.39, 0.29) is 5.91 Å². The summed E-state index contributed by atoms with van der Waals surface area (Å²) in [5.41, 5.74) is 2.44. The first-order valence-corrected chi connectivity index (χ1v) is 5.43. The summed E-state index contributed by atoms with van der Waals surface area (Å²) in [5, 5.41) is 11.4. The number of aromatic nitrogens is 1. The van der Waals surface area contributed by atoms with Gasteiger partial charge in [0.1, 0.15) is 5.82 Å². The van der Waals surface area contributed by atoms with Gasteiger partial charge < -0.3 is 5.32 Å². The molecule has 18 heavy (non-hydrogen) atoms. The van der Waals surface area contributed by atoms with Crippen LogP contribution in [0.4, 0.5) is 5.82 Å². The zero-order chi connectivity index (χ0) is 13.0. The fourth-order valence-electron chi connectivity index (χ4n) is 1.59. The highest BCUT2D eigenvalue weighted by Gasteiger charge is 2.01. The van der Waals surface area contributed by atoms with E-state index in [0.717, 1.165) is 11.1 Å². The second-order valence-corrected chi connectivity index (χ2v) is 3.81. The molecule has 88 valence electrons. The Morgan fingerprint density at radius 1 is 1.28 bits per heavy atom. The summed E-state index contributed by atoms with van der Waals surface area (Å²) in [7, 11) is 0.